The summed E-state index contributed by atoms with van der Waals surface area (Å²) in [6.07, 6.45) is 0. The average molecular weight is 196 g/mol. The van der Waals surface area contributed by atoms with Crippen molar-refractivity contribution < 1.29 is 9.53 Å². The van der Waals surface area contributed by atoms with Gasteiger partial charge < -0.3 is 10.5 Å². The van der Waals surface area contributed by atoms with Crippen LogP contribution in [0.3, 0.4) is 0 Å². The minimum absolute atomic E-state index is 0.352. The Morgan fingerprint density at radius 1 is 1.69 bits per heavy atom. The maximum Gasteiger partial charge on any atom is 0.347 e. The highest BCUT2D eigenvalue weighted by molar-refractivity contribution is 7.18. The fraction of sp³-hybridized carbons (Fsp3) is 0.250. The molecule has 0 aliphatic heterocycles. The van der Waals surface area contributed by atoms with Crippen LogP contribution in [0.2, 0.25) is 0 Å². The largest absolute Gasteiger partial charge is 0.465 e. The number of hydrogen-bond donors (Lipinski definition) is 1. The summed E-state index contributed by atoms with van der Waals surface area (Å²) >= 11 is 1.09. The number of rotatable bonds is 1. The van der Waals surface area contributed by atoms with E-state index in [1.165, 1.54) is 7.11 Å². The fourth-order valence-corrected chi connectivity index (χ4v) is 1.89. The normalized spacial score (nSPS) is 9.31. The highest BCUT2D eigenvalue weighted by atomic mass is 32.1. The van der Waals surface area contributed by atoms with Gasteiger partial charge in [-0.2, -0.15) is 0 Å². The molecule has 0 aliphatic rings. The summed E-state index contributed by atoms with van der Waals surface area (Å²) < 4.78 is 4.54. The molecule has 68 valence electrons. The molecule has 0 unspecified atom stereocenters. The molecule has 0 saturated carbocycles. The number of anilines is 1. The van der Waals surface area contributed by atoms with Crippen molar-refractivity contribution in [2.24, 2.45) is 0 Å². The van der Waals surface area contributed by atoms with Crippen LogP contribution >= 0.6 is 11.3 Å². The minimum Gasteiger partial charge on any atom is -0.465 e. The van der Waals surface area contributed by atoms with Gasteiger partial charge in [-0.1, -0.05) is 0 Å². The maximum atomic E-state index is 11.1. The molecule has 13 heavy (non-hydrogen) atoms. The van der Waals surface area contributed by atoms with E-state index < -0.39 is 5.97 Å². The van der Waals surface area contributed by atoms with E-state index in [2.05, 4.69) is 9.58 Å². The number of nitrogen functional groups attached to an aromatic ring is 1. The van der Waals surface area contributed by atoms with Gasteiger partial charge in [-0.3, -0.25) is 0 Å². The van der Waals surface area contributed by atoms with Crippen molar-refractivity contribution in [3.63, 3.8) is 0 Å². The lowest BCUT2D eigenvalue weighted by molar-refractivity contribution is 0.0605. The molecular formula is C8H8N2O2S. The predicted molar refractivity (Wildman–Crippen MR) is 51.1 cm³/mol. The first-order valence-electron chi connectivity index (χ1n) is 3.46. The Bertz CT molecular complexity index is 390. The second-order valence-electron chi connectivity index (χ2n) is 2.37. The molecule has 0 saturated heterocycles. The maximum absolute atomic E-state index is 11.1. The lowest BCUT2D eigenvalue weighted by Gasteiger charge is -1.95. The Kier molecular flexibility index (Phi) is 2.54. The van der Waals surface area contributed by atoms with Gasteiger partial charge in [-0.25, -0.2) is 9.64 Å². The number of nitrogens with two attached hydrogens (primary N) is 1. The Hall–Kier alpha value is -1.54. The molecule has 0 amide bonds. The molecule has 1 heterocycles. The van der Waals surface area contributed by atoms with E-state index in [0.717, 1.165) is 11.3 Å². The minimum atomic E-state index is -0.441. The summed E-state index contributed by atoms with van der Waals surface area (Å²) in [5.74, 6) is -0.441. The summed E-state index contributed by atoms with van der Waals surface area (Å²) in [5, 5.41) is 0.368. The standard InChI is InChI=1S/C8H8N2O2S/c1-4-5(10-2)7(9)13-6(4)8(11)12-3/h9H2,1,3H3. The third-order valence-corrected chi connectivity index (χ3v) is 2.71. The zero-order chi connectivity index (χ0) is 10.0. The van der Waals surface area contributed by atoms with Crippen LogP contribution < -0.4 is 5.73 Å². The number of ether oxygens (including phenoxy) is 1. The summed E-state index contributed by atoms with van der Waals surface area (Å²) in [6, 6.07) is 0. The molecule has 0 atom stereocenters. The zero-order valence-electron chi connectivity index (χ0n) is 7.25. The molecule has 1 rings (SSSR count). The molecule has 5 heteroatoms. The molecule has 0 radical (unpaired) electrons. The smallest absolute Gasteiger partial charge is 0.347 e. The fourth-order valence-electron chi connectivity index (χ4n) is 0.954. The second-order valence-corrected chi connectivity index (χ2v) is 3.42. The van der Waals surface area contributed by atoms with Crippen molar-refractivity contribution in [3.05, 3.63) is 21.9 Å². The van der Waals surface area contributed by atoms with Gasteiger partial charge in [0, 0.05) is 0 Å². The van der Waals surface area contributed by atoms with Gasteiger partial charge in [0.2, 0.25) is 5.69 Å². The highest BCUT2D eigenvalue weighted by Gasteiger charge is 2.18. The number of carbonyl (C=O) groups excluding carboxylic acids is 1. The third-order valence-electron chi connectivity index (χ3n) is 1.62. The first-order chi connectivity index (χ1) is 6.11. The lowest BCUT2D eigenvalue weighted by Crippen LogP contribution is -1.99. The van der Waals surface area contributed by atoms with Crippen LogP contribution in [0, 0.1) is 13.5 Å². The van der Waals surface area contributed by atoms with E-state index in [1.54, 1.807) is 6.92 Å². The molecule has 1 aromatic heterocycles. The SMILES string of the molecule is [C-]#[N+]c1c(N)sc(C(=O)OC)c1C. The van der Waals surface area contributed by atoms with E-state index >= 15 is 0 Å². The topological polar surface area (TPSA) is 56.7 Å². The summed E-state index contributed by atoms with van der Waals surface area (Å²) in [6.45, 7) is 8.52. The highest BCUT2D eigenvalue weighted by Crippen LogP contribution is 2.37. The molecule has 1 aromatic rings. The van der Waals surface area contributed by atoms with E-state index in [1.807, 2.05) is 0 Å². The first kappa shape index (κ1) is 9.55. The molecule has 0 fully saturated rings. The van der Waals surface area contributed by atoms with Crippen LogP contribution in [0.5, 0.6) is 0 Å². The van der Waals surface area contributed by atoms with Gasteiger partial charge >= 0.3 is 5.97 Å². The van der Waals surface area contributed by atoms with Crippen molar-refractivity contribution in [3.8, 4) is 0 Å². The summed E-state index contributed by atoms with van der Waals surface area (Å²) in [4.78, 5) is 14.8. The molecule has 0 bridgehead atoms. The third kappa shape index (κ3) is 1.48. The Labute approximate surface area is 79.7 Å². The number of esters is 1. The van der Waals surface area contributed by atoms with Crippen LogP contribution in [-0.4, -0.2) is 13.1 Å². The Morgan fingerprint density at radius 2 is 2.31 bits per heavy atom. The van der Waals surface area contributed by atoms with Gasteiger partial charge in [0.1, 0.15) is 4.88 Å². The summed E-state index contributed by atoms with van der Waals surface area (Å²) in [5.41, 5.74) is 6.50. The number of nitrogens with zero attached hydrogens (tertiary/aromatic N) is 1. The van der Waals surface area contributed by atoms with Crippen molar-refractivity contribution >= 4 is 28.0 Å². The molecule has 2 N–H and O–H groups in total. The van der Waals surface area contributed by atoms with E-state index in [4.69, 9.17) is 12.3 Å². The Balaban J connectivity index is 3.28. The number of hydrogen-bond acceptors (Lipinski definition) is 4. The van der Waals surface area contributed by atoms with Gasteiger partial charge in [-0.15, -0.1) is 11.3 Å². The van der Waals surface area contributed by atoms with Crippen molar-refractivity contribution in [2.75, 3.05) is 12.8 Å². The molecule has 4 nitrogen and oxygen atoms in total. The van der Waals surface area contributed by atoms with E-state index in [9.17, 15) is 4.79 Å². The lowest BCUT2D eigenvalue weighted by atomic mass is 10.2. The number of thiophene rings is 1. The first-order valence-corrected chi connectivity index (χ1v) is 4.28. The van der Waals surface area contributed by atoms with Crippen LogP contribution in [0.25, 0.3) is 4.85 Å². The van der Waals surface area contributed by atoms with Gasteiger partial charge in [0.25, 0.3) is 0 Å². The van der Waals surface area contributed by atoms with Crippen LogP contribution in [0.15, 0.2) is 0 Å². The van der Waals surface area contributed by atoms with Crippen LogP contribution in [0.4, 0.5) is 10.7 Å². The predicted octanol–water partition coefficient (Wildman–Crippen LogP) is 1.98. The van der Waals surface area contributed by atoms with E-state index in [0.29, 0.717) is 21.1 Å². The zero-order valence-corrected chi connectivity index (χ0v) is 8.07. The van der Waals surface area contributed by atoms with Gasteiger partial charge in [0.15, 0.2) is 0 Å². The van der Waals surface area contributed by atoms with Gasteiger partial charge in [0.05, 0.1) is 18.7 Å². The van der Waals surface area contributed by atoms with Gasteiger partial charge in [-0.05, 0) is 12.5 Å². The molecule has 0 spiro atoms. The quantitative estimate of drug-likeness (QED) is 0.552. The Morgan fingerprint density at radius 3 is 2.69 bits per heavy atom. The van der Waals surface area contributed by atoms with Crippen molar-refractivity contribution in [2.45, 2.75) is 6.92 Å². The summed E-state index contributed by atoms with van der Waals surface area (Å²) in [7, 11) is 1.30. The number of methoxy groups -OCH3 is 1. The average Bonchev–Trinajstić information content (AvgIpc) is 2.40. The van der Waals surface area contributed by atoms with Crippen molar-refractivity contribution in [1.82, 2.24) is 0 Å². The van der Waals surface area contributed by atoms with Crippen LogP contribution in [-0.2, 0) is 4.74 Å². The molecular weight excluding hydrogens is 188 g/mol. The second kappa shape index (κ2) is 3.46. The van der Waals surface area contributed by atoms with Crippen molar-refractivity contribution in [1.29, 1.82) is 0 Å². The molecule has 0 aromatic carbocycles. The van der Waals surface area contributed by atoms with E-state index in [-0.39, 0.29) is 0 Å². The number of carbonyl (C=O) groups is 1. The monoisotopic (exact) mass is 196 g/mol. The van der Waals surface area contributed by atoms with Crippen LogP contribution in [0.1, 0.15) is 15.2 Å². The molecule has 0 aliphatic carbocycles.